The lowest BCUT2D eigenvalue weighted by atomic mass is 10.1. The second-order valence-electron chi connectivity index (χ2n) is 7.07. The van der Waals surface area contributed by atoms with Crippen molar-refractivity contribution in [2.24, 2.45) is 7.05 Å². The van der Waals surface area contributed by atoms with Gasteiger partial charge in [-0.05, 0) is 24.3 Å². The summed E-state index contributed by atoms with van der Waals surface area (Å²) in [6.07, 6.45) is -2.58. The predicted molar refractivity (Wildman–Crippen MR) is 105 cm³/mol. The number of rotatable bonds is 3. The molecule has 0 aliphatic carbocycles. The predicted octanol–water partition coefficient (Wildman–Crippen LogP) is 3.53. The first-order valence-electron chi connectivity index (χ1n) is 9.04. The normalized spacial score (nSPS) is 11.9. The van der Waals surface area contributed by atoms with Crippen molar-refractivity contribution in [3.63, 3.8) is 0 Å². The summed E-state index contributed by atoms with van der Waals surface area (Å²) in [7, 11) is 3.15. The number of nitrogens with zero attached hydrogens (tertiary/aromatic N) is 5. The standard InChI is InChI=1S/C20H16F4N6O/c1-29(9-16-14(21)6-11(7-26-16)20(22,23)24)19(31)10-3-4-15-12(5-10)17-13(18(25)28-15)8-27-30(17)2/h3-8H,9H2,1-2H3,(H2,25,28). The summed E-state index contributed by atoms with van der Waals surface area (Å²) >= 11 is 0. The maximum atomic E-state index is 14.1. The van der Waals surface area contributed by atoms with Crippen LogP contribution in [0.1, 0.15) is 21.6 Å². The number of fused-ring (bicyclic) bond motifs is 3. The van der Waals surface area contributed by atoms with E-state index >= 15 is 0 Å². The fourth-order valence-electron chi connectivity index (χ4n) is 3.35. The summed E-state index contributed by atoms with van der Waals surface area (Å²) in [6, 6.07) is 5.18. The van der Waals surface area contributed by atoms with Crippen LogP contribution >= 0.6 is 0 Å². The van der Waals surface area contributed by atoms with Gasteiger partial charge in [0.2, 0.25) is 0 Å². The number of pyridine rings is 2. The van der Waals surface area contributed by atoms with E-state index in [0.29, 0.717) is 39.9 Å². The molecule has 0 bridgehead atoms. The summed E-state index contributed by atoms with van der Waals surface area (Å²) in [5.41, 5.74) is 6.07. The topological polar surface area (TPSA) is 89.9 Å². The van der Waals surface area contributed by atoms with Gasteiger partial charge in [-0.3, -0.25) is 14.5 Å². The number of carbonyl (C=O) groups is 1. The number of aromatic nitrogens is 4. The molecule has 0 spiro atoms. The van der Waals surface area contributed by atoms with Crippen molar-refractivity contribution in [1.82, 2.24) is 24.6 Å². The number of aryl methyl sites for hydroxylation is 1. The van der Waals surface area contributed by atoms with Gasteiger partial charge in [0, 0.05) is 31.2 Å². The van der Waals surface area contributed by atoms with Crippen LogP contribution in [0.5, 0.6) is 0 Å². The first kappa shape index (κ1) is 20.5. The van der Waals surface area contributed by atoms with Crippen LogP contribution < -0.4 is 5.73 Å². The molecule has 2 N–H and O–H groups in total. The number of carbonyl (C=O) groups excluding carboxylic acids is 1. The van der Waals surface area contributed by atoms with Gasteiger partial charge < -0.3 is 10.6 Å². The molecule has 7 nitrogen and oxygen atoms in total. The third-order valence-corrected chi connectivity index (χ3v) is 4.93. The third-order valence-electron chi connectivity index (χ3n) is 4.93. The number of alkyl halides is 3. The lowest BCUT2D eigenvalue weighted by molar-refractivity contribution is -0.138. The Morgan fingerprint density at radius 3 is 2.61 bits per heavy atom. The van der Waals surface area contributed by atoms with Gasteiger partial charge >= 0.3 is 6.18 Å². The highest BCUT2D eigenvalue weighted by molar-refractivity contribution is 6.10. The highest BCUT2D eigenvalue weighted by Crippen LogP contribution is 2.30. The summed E-state index contributed by atoms with van der Waals surface area (Å²) in [5, 5.41) is 5.47. The van der Waals surface area contributed by atoms with Crippen LogP contribution in [0.4, 0.5) is 23.4 Å². The van der Waals surface area contributed by atoms with Gasteiger partial charge in [0.25, 0.3) is 5.91 Å². The molecule has 3 aromatic heterocycles. The zero-order chi connectivity index (χ0) is 22.5. The largest absolute Gasteiger partial charge is 0.417 e. The van der Waals surface area contributed by atoms with E-state index in [1.54, 1.807) is 36.1 Å². The monoisotopic (exact) mass is 432 g/mol. The Morgan fingerprint density at radius 2 is 1.94 bits per heavy atom. The molecule has 0 atom stereocenters. The fraction of sp³-hybridized carbons (Fsp3) is 0.200. The number of hydrogen-bond acceptors (Lipinski definition) is 5. The summed E-state index contributed by atoms with van der Waals surface area (Å²) in [4.78, 5) is 21.9. The van der Waals surface area contributed by atoms with E-state index in [9.17, 15) is 22.4 Å². The van der Waals surface area contributed by atoms with Crippen molar-refractivity contribution >= 4 is 33.5 Å². The van der Waals surface area contributed by atoms with Crippen LogP contribution in [0, 0.1) is 5.82 Å². The Morgan fingerprint density at radius 1 is 1.19 bits per heavy atom. The van der Waals surface area contributed by atoms with E-state index in [0.717, 1.165) is 0 Å². The van der Waals surface area contributed by atoms with Crippen LogP contribution in [0.25, 0.3) is 21.8 Å². The lowest BCUT2D eigenvalue weighted by Crippen LogP contribution is -2.27. The van der Waals surface area contributed by atoms with Gasteiger partial charge in [-0.2, -0.15) is 18.3 Å². The molecule has 1 aromatic carbocycles. The highest BCUT2D eigenvalue weighted by atomic mass is 19.4. The maximum Gasteiger partial charge on any atom is 0.417 e. The molecule has 11 heteroatoms. The fourth-order valence-corrected chi connectivity index (χ4v) is 3.35. The van der Waals surface area contributed by atoms with Crippen LogP contribution in [0.15, 0.2) is 36.7 Å². The van der Waals surface area contributed by atoms with E-state index in [1.165, 1.54) is 11.9 Å². The number of hydrogen-bond donors (Lipinski definition) is 1. The first-order chi connectivity index (χ1) is 14.6. The molecule has 0 saturated carbocycles. The Labute approximate surface area is 173 Å². The molecule has 4 rings (SSSR count). The molecule has 0 saturated heterocycles. The van der Waals surface area contributed by atoms with Crippen molar-refractivity contribution in [2.75, 3.05) is 12.8 Å². The first-order valence-corrected chi connectivity index (χ1v) is 9.04. The average molecular weight is 432 g/mol. The molecule has 3 heterocycles. The lowest BCUT2D eigenvalue weighted by Gasteiger charge is -2.18. The Kier molecular flexibility index (Phi) is 4.75. The Hall–Kier alpha value is -3.76. The van der Waals surface area contributed by atoms with Gasteiger partial charge in [0.1, 0.15) is 11.6 Å². The number of halogens is 4. The van der Waals surface area contributed by atoms with E-state index in [-0.39, 0.29) is 17.8 Å². The summed E-state index contributed by atoms with van der Waals surface area (Å²) in [5.74, 6) is -1.28. The number of amides is 1. The second kappa shape index (κ2) is 7.18. The summed E-state index contributed by atoms with van der Waals surface area (Å²) in [6.45, 7) is -0.304. The third kappa shape index (κ3) is 3.62. The van der Waals surface area contributed by atoms with Gasteiger partial charge in [0.15, 0.2) is 0 Å². The quantitative estimate of drug-likeness (QED) is 0.501. The zero-order valence-corrected chi connectivity index (χ0v) is 16.4. The van der Waals surface area contributed by atoms with E-state index < -0.39 is 23.5 Å². The van der Waals surface area contributed by atoms with E-state index in [4.69, 9.17) is 5.73 Å². The second-order valence-corrected chi connectivity index (χ2v) is 7.07. The minimum atomic E-state index is -4.70. The summed E-state index contributed by atoms with van der Waals surface area (Å²) < 4.78 is 53.8. The molecular formula is C20H16F4N6O. The minimum absolute atomic E-state index is 0.270. The number of nitrogen functional groups attached to an aromatic ring is 1. The van der Waals surface area contributed by atoms with Crippen molar-refractivity contribution in [2.45, 2.75) is 12.7 Å². The molecule has 0 fully saturated rings. The van der Waals surface area contributed by atoms with Crippen LogP contribution in [0.3, 0.4) is 0 Å². The molecule has 0 aliphatic heterocycles. The van der Waals surface area contributed by atoms with Gasteiger partial charge in [-0.25, -0.2) is 9.37 Å². The SMILES string of the molecule is CN(Cc1ncc(C(F)(F)F)cc1F)C(=O)c1ccc2nc(N)c3cnn(C)c3c2c1. The van der Waals surface area contributed by atoms with Gasteiger partial charge in [-0.1, -0.05) is 0 Å². The van der Waals surface area contributed by atoms with Gasteiger partial charge in [0.05, 0.1) is 40.4 Å². The van der Waals surface area contributed by atoms with Crippen molar-refractivity contribution in [3.8, 4) is 0 Å². The maximum absolute atomic E-state index is 14.1. The molecule has 160 valence electrons. The highest BCUT2D eigenvalue weighted by Gasteiger charge is 2.32. The van der Waals surface area contributed by atoms with Gasteiger partial charge in [-0.15, -0.1) is 0 Å². The molecule has 0 unspecified atom stereocenters. The van der Waals surface area contributed by atoms with Crippen LogP contribution in [-0.2, 0) is 19.8 Å². The van der Waals surface area contributed by atoms with Crippen LogP contribution in [0.2, 0.25) is 0 Å². The average Bonchev–Trinajstić information content (AvgIpc) is 3.10. The van der Waals surface area contributed by atoms with Crippen molar-refractivity contribution in [3.05, 3.63) is 59.3 Å². The molecule has 1 amide bonds. The number of benzene rings is 1. The van der Waals surface area contributed by atoms with Crippen molar-refractivity contribution < 1.29 is 22.4 Å². The molecule has 4 aromatic rings. The molecule has 0 aliphatic rings. The number of nitrogens with two attached hydrogens (primary N) is 1. The van der Waals surface area contributed by atoms with Crippen molar-refractivity contribution in [1.29, 1.82) is 0 Å². The van der Waals surface area contributed by atoms with E-state index in [1.807, 2.05) is 0 Å². The van der Waals surface area contributed by atoms with Crippen LogP contribution in [-0.4, -0.2) is 37.6 Å². The smallest absolute Gasteiger partial charge is 0.383 e. The number of anilines is 1. The van der Waals surface area contributed by atoms with E-state index in [2.05, 4.69) is 15.1 Å². The molecule has 31 heavy (non-hydrogen) atoms. The minimum Gasteiger partial charge on any atom is -0.383 e. The Bertz CT molecular complexity index is 1330. The zero-order valence-electron chi connectivity index (χ0n) is 16.4. The Balaban J connectivity index is 1.66. The molecule has 0 radical (unpaired) electrons. The molecular weight excluding hydrogens is 416 g/mol.